The maximum absolute atomic E-state index is 12.5. The molecule has 24 heavy (non-hydrogen) atoms. The van der Waals surface area contributed by atoms with Crippen molar-refractivity contribution in [2.24, 2.45) is 5.10 Å². The van der Waals surface area contributed by atoms with Crippen LogP contribution in [0.15, 0.2) is 34.4 Å². The summed E-state index contributed by atoms with van der Waals surface area (Å²) >= 11 is 0.879. The zero-order valence-corrected chi connectivity index (χ0v) is 14.3. The van der Waals surface area contributed by atoms with Gasteiger partial charge in [0.05, 0.1) is 12.8 Å². The molecule has 1 N–H and O–H groups in total. The van der Waals surface area contributed by atoms with Crippen molar-refractivity contribution in [3.8, 4) is 17.9 Å². The highest BCUT2D eigenvalue weighted by atomic mass is 32.2. The number of nitrogens with zero attached hydrogens (tertiary/aromatic N) is 4. The number of nitrogens with one attached hydrogen (secondary N) is 1. The van der Waals surface area contributed by atoms with Gasteiger partial charge in [0.15, 0.2) is 5.03 Å². The summed E-state index contributed by atoms with van der Waals surface area (Å²) < 4.78 is 33.7. The molecular formula is C14H11N5O3S2. The Morgan fingerprint density at radius 1 is 1.33 bits per heavy atom. The molecule has 0 spiro atoms. The molecule has 1 aromatic carbocycles. The molecule has 0 aliphatic rings. The Labute approximate surface area is 142 Å². The van der Waals surface area contributed by atoms with E-state index in [9.17, 15) is 8.42 Å². The van der Waals surface area contributed by atoms with Crippen molar-refractivity contribution in [1.82, 2.24) is 4.37 Å². The first-order valence-corrected chi connectivity index (χ1v) is 8.69. The highest BCUT2D eigenvalue weighted by Gasteiger charge is 2.30. The second-order valence-corrected chi connectivity index (χ2v) is 7.16. The standard InChI is InChI=1S/C14H11N5O3S2/c1-9-12(7-15)14(19-23-9)24(20,21)13(8-16)18-17-10-3-5-11(22-2)6-4-10/h3-6,17H,1-2H3/b18-13-. The van der Waals surface area contributed by atoms with Gasteiger partial charge in [0.25, 0.3) is 14.9 Å². The summed E-state index contributed by atoms with van der Waals surface area (Å²) in [7, 11) is -2.76. The van der Waals surface area contributed by atoms with Crippen molar-refractivity contribution in [2.45, 2.75) is 11.9 Å². The second-order valence-electron chi connectivity index (χ2n) is 4.40. The first-order valence-electron chi connectivity index (χ1n) is 6.43. The van der Waals surface area contributed by atoms with Gasteiger partial charge in [-0.1, -0.05) is 0 Å². The summed E-state index contributed by atoms with van der Waals surface area (Å²) in [6.07, 6.45) is 0. The van der Waals surface area contributed by atoms with Crippen molar-refractivity contribution in [1.29, 1.82) is 10.5 Å². The molecule has 0 radical (unpaired) electrons. The Bertz CT molecular complexity index is 963. The van der Waals surface area contributed by atoms with Gasteiger partial charge >= 0.3 is 0 Å². The average molecular weight is 361 g/mol. The number of hydrogen-bond acceptors (Lipinski definition) is 9. The zero-order chi connectivity index (χ0) is 17.7. The van der Waals surface area contributed by atoms with Crippen LogP contribution >= 0.6 is 11.5 Å². The lowest BCUT2D eigenvalue weighted by molar-refractivity contribution is 0.415. The molecular weight excluding hydrogens is 350 g/mol. The monoisotopic (exact) mass is 361 g/mol. The lowest BCUT2D eigenvalue weighted by Crippen LogP contribution is -2.16. The molecule has 1 aromatic heterocycles. The van der Waals surface area contributed by atoms with Gasteiger partial charge in [0.1, 0.15) is 23.5 Å². The van der Waals surface area contributed by atoms with Gasteiger partial charge in [0.2, 0.25) is 0 Å². The fourth-order valence-corrected chi connectivity index (χ4v) is 3.73. The number of hydrazone groups is 1. The van der Waals surface area contributed by atoms with Crippen LogP contribution in [-0.4, -0.2) is 24.9 Å². The third kappa shape index (κ3) is 3.35. The Balaban J connectivity index is 2.35. The fraction of sp³-hybridized carbons (Fsp3) is 0.143. The van der Waals surface area contributed by atoms with E-state index >= 15 is 0 Å². The minimum atomic E-state index is -4.28. The summed E-state index contributed by atoms with van der Waals surface area (Å²) in [4.78, 5) is 0.455. The van der Waals surface area contributed by atoms with E-state index in [2.05, 4.69) is 14.9 Å². The van der Waals surface area contributed by atoms with Crippen LogP contribution in [0, 0.1) is 29.6 Å². The SMILES string of the molecule is COc1ccc(N/N=C(/C#N)S(=O)(=O)c2nsc(C)c2C#N)cc1. The lowest BCUT2D eigenvalue weighted by atomic mass is 10.3. The van der Waals surface area contributed by atoms with E-state index in [1.807, 2.05) is 0 Å². The Morgan fingerprint density at radius 2 is 2.00 bits per heavy atom. The van der Waals surface area contributed by atoms with Crippen molar-refractivity contribution in [2.75, 3.05) is 12.5 Å². The predicted molar refractivity (Wildman–Crippen MR) is 88.4 cm³/mol. The molecule has 0 aliphatic heterocycles. The number of methoxy groups -OCH3 is 1. The summed E-state index contributed by atoms with van der Waals surface area (Å²) in [5.74, 6) is 0.620. The van der Waals surface area contributed by atoms with Crippen LogP contribution in [-0.2, 0) is 9.84 Å². The molecule has 0 bridgehead atoms. The number of aromatic nitrogens is 1. The van der Waals surface area contributed by atoms with E-state index in [0.29, 0.717) is 16.3 Å². The van der Waals surface area contributed by atoms with Crippen LogP contribution in [0.1, 0.15) is 10.4 Å². The van der Waals surface area contributed by atoms with Crippen molar-refractivity contribution in [3.63, 3.8) is 0 Å². The number of rotatable bonds is 4. The fourth-order valence-electron chi connectivity index (χ4n) is 1.68. The maximum Gasteiger partial charge on any atom is 0.258 e. The van der Waals surface area contributed by atoms with E-state index < -0.39 is 19.9 Å². The van der Waals surface area contributed by atoms with Crippen LogP contribution in [0.3, 0.4) is 0 Å². The van der Waals surface area contributed by atoms with Gasteiger partial charge in [-0.05, 0) is 42.7 Å². The Hall–Kier alpha value is -2.95. The Kier molecular flexibility index (Phi) is 5.14. The molecule has 1 heterocycles. The first kappa shape index (κ1) is 17.4. The number of benzene rings is 1. The summed E-state index contributed by atoms with van der Waals surface area (Å²) in [5, 5.41) is 20.6. The van der Waals surface area contributed by atoms with E-state index in [-0.39, 0.29) is 5.56 Å². The number of aryl methyl sites for hydroxylation is 1. The zero-order valence-electron chi connectivity index (χ0n) is 12.6. The molecule has 2 aromatic rings. The smallest absolute Gasteiger partial charge is 0.258 e. The number of sulfone groups is 1. The van der Waals surface area contributed by atoms with E-state index in [0.717, 1.165) is 11.5 Å². The molecule has 0 saturated heterocycles. The molecule has 0 atom stereocenters. The lowest BCUT2D eigenvalue weighted by Gasteiger charge is -2.03. The van der Waals surface area contributed by atoms with Gasteiger partial charge in [-0.3, -0.25) is 5.43 Å². The van der Waals surface area contributed by atoms with Crippen LogP contribution in [0.5, 0.6) is 5.75 Å². The third-order valence-corrected chi connectivity index (χ3v) is 5.29. The molecule has 0 saturated carbocycles. The topological polar surface area (TPSA) is 128 Å². The van der Waals surface area contributed by atoms with E-state index in [1.165, 1.54) is 13.2 Å². The molecule has 122 valence electrons. The van der Waals surface area contributed by atoms with E-state index in [1.54, 1.807) is 37.3 Å². The quantitative estimate of drug-likeness (QED) is 0.501. The minimum absolute atomic E-state index is 0.0765. The molecule has 0 aliphatic carbocycles. The average Bonchev–Trinajstić information content (AvgIpc) is 2.97. The number of anilines is 1. The molecule has 0 unspecified atom stereocenters. The van der Waals surface area contributed by atoms with Crippen molar-refractivity contribution < 1.29 is 13.2 Å². The number of ether oxygens (including phenoxy) is 1. The van der Waals surface area contributed by atoms with E-state index in [4.69, 9.17) is 15.3 Å². The van der Waals surface area contributed by atoms with Crippen molar-refractivity contribution >= 4 is 32.1 Å². The van der Waals surface area contributed by atoms with Crippen LogP contribution in [0.2, 0.25) is 0 Å². The predicted octanol–water partition coefficient (Wildman–Crippen LogP) is 2.05. The summed E-state index contributed by atoms with van der Waals surface area (Å²) in [5.41, 5.74) is 2.88. The summed E-state index contributed by atoms with van der Waals surface area (Å²) in [6, 6.07) is 9.82. The van der Waals surface area contributed by atoms with Crippen LogP contribution < -0.4 is 10.2 Å². The van der Waals surface area contributed by atoms with Gasteiger partial charge in [0, 0.05) is 4.88 Å². The molecule has 0 fully saturated rings. The minimum Gasteiger partial charge on any atom is -0.497 e. The number of nitriles is 2. The largest absolute Gasteiger partial charge is 0.497 e. The molecule has 10 heteroatoms. The normalized spacial score (nSPS) is 11.4. The molecule has 0 amide bonds. The van der Waals surface area contributed by atoms with Gasteiger partial charge < -0.3 is 4.74 Å². The van der Waals surface area contributed by atoms with Crippen LogP contribution in [0.25, 0.3) is 0 Å². The molecule has 2 rings (SSSR count). The van der Waals surface area contributed by atoms with Gasteiger partial charge in [-0.25, -0.2) is 8.42 Å². The highest BCUT2D eigenvalue weighted by molar-refractivity contribution is 8.07. The van der Waals surface area contributed by atoms with Crippen molar-refractivity contribution in [3.05, 3.63) is 34.7 Å². The van der Waals surface area contributed by atoms with Gasteiger partial charge in [-0.15, -0.1) is 0 Å². The Morgan fingerprint density at radius 3 is 2.54 bits per heavy atom. The third-order valence-electron chi connectivity index (χ3n) is 2.92. The molecule has 8 nitrogen and oxygen atoms in total. The maximum atomic E-state index is 12.5. The van der Waals surface area contributed by atoms with Crippen LogP contribution in [0.4, 0.5) is 5.69 Å². The van der Waals surface area contributed by atoms with Gasteiger partial charge in [-0.2, -0.15) is 20.0 Å². The second kappa shape index (κ2) is 7.08. The highest BCUT2D eigenvalue weighted by Crippen LogP contribution is 2.23. The first-order chi connectivity index (χ1) is 11.4. The summed E-state index contributed by atoms with van der Waals surface area (Å²) in [6.45, 7) is 1.58. The number of hydrogen-bond donors (Lipinski definition) is 1.